The number of amides is 9. The van der Waals surface area contributed by atoms with Gasteiger partial charge in [0.2, 0.25) is 41.4 Å². The Kier molecular flexibility index (Phi) is 32.3. The Morgan fingerprint density at radius 3 is 1.90 bits per heavy atom. The fraction of sp³-hybridized carbons (Fsp3) is 0.712. The topological polar surface area (TPSA) is 320 Å². The highest BCUT2D eigenvalue weighted by molar-refractivity contribution is 6.13. The van der Waals surface area contributed by atoms with E-state index in [0.717, 1.165) is 36.4 Å². The molecule has 0 aliphatic carbocycles. The van der Waals surface area contributed by atoms with Gasteiger partial charge >= 0.3 is 11.9 Å². The molecule has 2 heterocycles. The van der Waals surface area contributed by atoms with Crippen molar-refractivity contribution in [2.45, 2.75) is 214 Å². The van der Waals surface area contributed by atoms with E-state index in [9.17, 15) is 63.0 Å². The van der Waals surface area contributed by atoms with Crippen molar-refractivity contribution in [3.63, 3.8) is 0 Å². The smallest absolute Gasteiger partial charge is 0.326 e. The minimum atomic E-state index is -1.56. The molecular formula is C66H107N9O15. The van der Waals surface area contributed by atoms with Crippen LogP contribution in [-0.4, -0.2) is 204 Å². The number of unbranched alkanes of at least 4 members (excludes halogenated alkanes) is 1. The number of likely N-dealkylation sites (tertiary alicyclic amines) is 1. The molecule has 1 aromatic rings. The molecule has 2 aliphatic rings. The summed E-state index contributed by atoms with van der Waals surface area (Å²) in [5.41, 5.74) is 0.809. The van der Waals surface area contributed by atoms with Gasteiger partial charge in [-0.25, -0.2) is 4.79 Å². The summed E-state index contributed by atoms with van der Waals surface area (Å²) in [6, 6.07) is 1.78. The first kappa shape index (κ1) is 77.5. The average molecular weight is 1270 g/mol. The Hall–Kier alpha value is -6.79. The maximum Gasteiger partial charge on any atom is 0.326 e. The van der Waals surface area contributed by atoms with E-state index in [1.807, 2.05) is 48.6 Å². The number of imide groups is 1. The standard InChI is InChI=1S/C66H107N9O15/c1-16-43(7)58(73(13)64(86)56(40(2)3)71-63(85)57(41(4)5)72(12)35-31-42(6)39-66(9,10)11)50(89-14)38-54(79)74-34-22-26-49(74)59(90-15)44(8)60(82)70-48(37-45-23-18-17-19-24-45)62(84)68-46(27-30-55(80)81)61(83)69-47(65(87)88)25-20-21-33-67-51(76)32-36-75-52(77)28-29-53(75)78/h17-19,23-24,28-29,40-44,46-50,56-59H,16,20-22,25-27,30-39H2,1-15H3,(H,67,76)(H,68,84)(H,69,83)(H,70,82)(H,71,85)(H,80,81)(H,87,88)/t42?,43-,44+,46-,47-,48?,49-,50+,56-,57-,58-,59+/m0/s1. The number of hydrogen-bond acceptors (Lipinski definition) is 14. The van der Waals surface area contributed by atoms with Crippen molar-refractivity contribution in [3.05, 3.63) is 48.0 Å². The van der Waals surface area contributed by atoms with Crippen LogP contribution in [-0.2, 0) is 68.6 Å². The zero-order valence-electron chi connectivity index (χ0n) is 56.1. The summed E-state index contributed by atoms with van der Waals surface area (Å²) < 4.78 is 12.2. The molecule has 0 aromatic heterocycles. The van der Waals surface area contributed by atoms with Crippen LogP contribution in [0.4, 0.5) is 0 Å². The second kappa shape index (κ2) is 37.5. The molecule has 506 valence electrons. The molecule has 24 heteroatoms. The number of aliphatic carboxylic acids is 2. The quantitative estimate of drug-likeness (QED) is 0.0346. The van der Waals surface area contributed by atoms with Gasteiger partial charge in [0, 0.05) is 72.3 Å². The molecule has 90 heavy (non-hydrogen) atoms. The van der Waals surface area contributed by atoms with E-state index in [2.05, 4.69) is 59.2 Å². The normalized spacial score (nSPS) is 18.0. The molecule has 1 aromatic carbocycles. The van der Waals surface area contributed by atoms with Crippen LogP contribution in [0.1, 0.15) is 159 Å². The largest absolute Gasteiger partial charge is 0.481 e. The first-order valence-electron chi connectivity index (χ1n) is 32.1. The number of benzene rings is 1. The number of carbonyl (C=O) groups excluding carboxylic acids is 9. The zero-order valence-corrected chi connectivity index (χ0v) is 56.1. The Morgan fingerprint density at radius 1 is 0.733 bits per heavy atom. The van der Waals surface area contributed by atoms with Crippen molar-refractivity contribution in [1.82, 2.24) is 46.2 Å². The fourth-order valence-corrected chi connectivity index (χ4v) is 12.4. The van der Waals surface area contributed by atoms with E-state index in [0.29, 0.717) is 43.7 Å². The van der Waals surface area contributed by atoms with Crippen molar-refractivity contribution in [2.24, 2.45) is 35.0 Å². The lowest BCUT2D eigenvalue weighted by atomic mass is 9.84. The molecule has 0 saturated carbocycles. The molecule has 3 rings (SSSR count). The number of hydrogen-bond donors (Lipinski definition) is 7. The van der Waals surface area contributed by atoms with E-state index in [1.54, 1.807) is 54.1 Å². The second-order valence-electron chi connectivity index (χ2n) is 26.5. The van der Waals surface area contributed by atoms with E-state index in [-0.39, 0.29) is 86.1 Å². The number of carboxylic acid groups (broad SMARTS) is 2. The van der Waals surface area contributed by atoms with Gasteiger partial charge in [0.25, 0.3) is 11.8 Å². The van der Waals surface area contributed by atoms with Crippen molar-refractivity contribution >= 4 is 65.1 Å². The lowest BCUT2D eigenvalue weighted by molar-refractivity contribution is -0.148. The third-order valence-corrected chi connectivity index (χ3v) is 17.3. The number of methoxy groups -OCH3 is 2. The fourth-order valence-electron chi connectivity index (χ4n) is 12.4. The van der Waals surface area contributed by atoms with Crippen molar-refractivity contribution in [1.29, 1.82) is 0 Å². The average Bonchev–Trinajstić information content (AvgIpc) is 1.70. The van der Waals surface area contributed by atoms with Crippen LogP contribution in [0.3, 0.4) is 0 Å². The molecule has 12 atom stereocenters. The molecule has 7 N–H and O–H groups in total. The highest BCUT2D eigenvalue weighted by Gasteiger charge is 2.44. The van der Waals surface area contributed by atoms with Crippen LogP contribution in [0, 0.1) is 35.0 Å². The van der Waals surface area contributed by atoms with Gasteiger partial charge in [-0.2, -0.15) is 0 Å². The Bertz CT molecular complexity index is 2580. The summed E-state index contributed by atoms with van der Waals surface area (Å²) in [6.45, 7) is 23.4. The summed E-state index contributed by atoms with van der Waals surface area (Å²) in [5, 5.41) is 33.3. The van der Waals surface area contributed by atoms with Gasteiger partial charge in [-0.05, 0) is 99.6 Å². The minimum Gasteiger partial charge on any atom is -0.481 e. The van der Waals surface area contributed by atoms with E-state index in [1.165, 1.54) is 14.2 Å². The molecule has 1 saturated heterocycles. The molecule has 2 unspecified atom stereocenters. The predicted molar refractivity (Wildman–Crippen MR) is 340 cm³/mol. The maximum atomic E-state index is 14.8. The number of ether oxygens (including phenoxy) is 2. The van der Waals surface area contributed by atoms with Crippen LogP contribution < -0.4 is 26.6 Å². The number of carbonyl (C=O) groups is 11. The van der Waals surface area contributed by atoms with E-state index >= 15 is 0 Å². The van der Waals surface area contributed by atoms with Gasteiger partial charge in [-0.1, -0.05) is 113 Å². The number of rotatable bonds is 40. The van der Waals surface area contributed by atoms with Gasteiger partial charge in [-0.3, -0.25) is 57.7 Å². The summed E-state index contributed by atoms with van der Waals surface area (Å²) in [7, 11) is 6.59. The maximum absolute atomic E-state index is 14.8. The number of carboxylic acids is 2. The molecule has 1 fully saturated rings. The zero-order chi connectivity index (χ0) is 67.7. The highest BCUT2D eigenvalue weighted by atomic mass is 16.5. The Balaban J connectivity index is 1.79. The minimum absolute atomic E-state index is 0.0394. The van der Waals surface area contributed by atoms with Crippen LogP contribution >= 0.6 is 0 Å². The van der Waals surface area contributed by atoms with Gasteiger partial charge in [0.05, 0.1) is 42.7 Å². The summed E-state index contributed by atoms with van der Waals surface area (Å²) >= 11 is 0. The first-order chi connectivity index (χ1) is 42.3. The first-order valence-corrected chi connectivity index (χ1v) is 32.1. The molecule has 9 amide bonds. The molecule has 0 bridgehead atoms. The van der Waals surface area contributed by atoms with Gasteiger partial charge in [0.15, 0.2) is 0 Å². The summed E-state index contributed by atoms with van der Waals surface area (Å²) in [6.07, 6.45) is 3.27. The molecular weight excluding hydrogens is 1160 g/mol. The molecule has 24 nitrogen and oxygen atoms in total. The molecule has 0 radical (unpaired) electrons. The lowest BCUT2D eigenvalue weighted by Gasteiger charge is -2.41. The third kappa shape index (κ3) is 24.4. The summed E-state index contributed by atoms with van der Waals surface area (Å²) in [4.78, 5) is 153. The SMILES string of the molecule is CC[C@H](C)[C@@H]([C@@H](CC(=O)N1CCC[C@H]1[C@H](OC)[C@@H](C)C(=O)NC(Cc1ccccc1)C(=O)N[C@@H](CCC(=O)O)C(=O)N[C@@H](CCCCNC(=O)CCN1C(=O)C=CC1=O)C(=O)O)OC)N(C)C(=O)[C@@H](NC(=O)[C@H](C(C)C)N(C)CCC(C)CC(C)(C)C)C(C)C. The van der Waals surface area contributed by atoms with Gasteiger partial charge < -0.3 is 56.1 Å². The summed E-state index contributed by atoms with van der Waals surface area (Å²) in [5.74, 6) is -8.44. The Morgan fingerprint density at radius 2 is 1.34 bits per heavy atom. The van der Waals surface area contributed by atoms with Crippen molar-refractivity contribution in [3.8, 4) is 0 Å². The second-order valence-corrected chi connectivity index (χ2v) is 26.5. The van der Waals surface area contributed by atoms with Gasteiger partial charge in [-0.15, -0.1) is 0 Å². The van der Waals surface area contributed by atoms with E-state index < -0.39 is 121 Å². The number of nitrogens with one attached hydrogen (secondary N) is 5. The molecule has 0 spiro atoms. The van der Waals surface area contributed by atoms with Crippen LogP contribution in [0.25, 0.3) is 0 Å². The van der Waals surface area contributed by atoms with Crippen LogP contribution in [0.2, 0.25) is 0 Å². The van der Waals surface area contributed by atoms with Crippen LogP contribution in [0.5, 0.6) is 0 Å². The van der Waals surface area contributed by atoms with Gasteiger partial charge in [0.1, 0.15) is 24.2 Å². The molecule has 2 aliphatic heterocycles. The third-order valence-electron chi connectivity index (χ3n) is 17.3. The number of nitrogens with zero attached hydrogens (tertiary/aromatic N) is 4. The lowest BCUT2D eigenvalue weighted by Crippen LogP contribution is -2.60. The number of likely N-dealkylation sites (N-methyl/N-ethyl adjacent to an activating group) is 2. The predicted octanol–water partition coefficient (Wildman–Crippen LogP) is 4.71. The van der Waals surface area contributed by atoms with Crippen molar-refractivity contribution in [2.75, 3.05) is 54.5 Å². The van der Waals surface area contributed by atoms with Crippen LogP contribution in [0.15, 0.2) is 42.5 Å². The van der Waals surface area contributed by atoms with E-state index in [4.69, 9.17) is 9.47 Å². The monoisotopic (exact) mass is 1270 g/mol. The van der Waals surface area contributed by atoms with Crippen molar-refractivity contribution < 1.29 is 72.4 Å². The Labute approximate surface area is 533 Å². The highest BCUT2D eigenvalue weighted by Crippen LogP contribution is 2.31.